The van der Waals surface area contributed by atoms with Gasteiger partial charge in [0.15, 0.2) is 0 Å². The molecule has 0 unspecified atom stereocenters. The predicted octanol–water partition coefficient (Wildman–Crippen LogP) is 3.89. The Labute approximate surface area is 134 Å². The van der Waals surface area contributed by atoms with Crippen LogP contribution in [0.3, 0.4) is 0 Å². The smallest absolute Gasteiger partial charge is 0.326 e. The van der Waals surface area contributed by atoms with Crippen molar-refractivity contribution in [1.29, 1.82) is 0 Å². The van der Waals surface area contributed by atoms with Crippen LogP contribution < -0.4 is 11.0 Å². The van der Waals surface area contributed by atoms with Gasteiger partial charge in [0.1, 0.15) is 5.82 Å². The SMILES string of the molecule is Cc1cccc(Nc2cc3c(cn2)[nH]c(=O)n3C2CCCC2)c1. The molecule has 23 heavy (non-hydrogen) atoms. The van der Waals surface area contributed by atoms with E-state index >= 15 is 0 Å². The minimum atomic E-state index is -0.0265. The Hall–Kier alpha value is -2.56. The maximum Gasteiger partial charge on any atom is 0.326 e. The van der Waals surface area contributed by atoms with Crippen LogP contribution in [-0.2, 0) is 0 Å². The van der Waals surface area contributed by atoms with Crippen molar-refractivity contribution in [2.45, 2.75) is 38.6 Å². The fraction of sp³-hybridized carbons (Fsp3) is 0.333. The van der Waals surface area contributed by atoms with Crippen LogP contribution in [0, 0.1) is 6.92 Å². The molecule has 0 bridgehead atoms. The Kier molecular flexibility index (Phi) is 3.41. The lowest BCUT2D eigenvalue weighted by molar-refractivity contribution is 0.518. The van der Waals surface area contributed by atoms with Crippen molar-refractivity contribution in [2.24, 2.45) is 0 Å². The van der Waals surface area contributed by atoms with E-state index in [0.717, 1.165) is 35.4 Å². The highest BCUT2D eigenvalue weighted by molar-refractivity contribution is 5.78. The molecule has 1 saturated carbocycles. The number of hydrogen-bond acceptors (Lipinski definition) is 3. The van der Waals surface area contributed by atoms with Gasteiger partial charge >= 0.3 is 5.69 Å². The van der Waals surface area contributed by atoms with E-state index in [0.29, 0.717) is 6.04 Å². The van der Waals surface area contributed by atoms with Gasteiger partial charge in [0, 0.05) is 17.8 Å². The van der Waals surface area contributed by atoms with Gasteiger partial charge in [-0.1, -0.05) is 25.0 Å². The first-order valence-electron chi connectivity index (χ1n) is 8.15. The summed E-state index contributed by atoms with van der Waals surface area (Å²) >= 11 is 0. The first kappa shape index (κ1) is 14.1. The molecule has 3 aromatic rings. The molecule has 5 heteroatoms. The zero-order valence-corrected chi connectivity index (χ0v) is 13.2. The van der Waals surface area contributed by atoms with Crippen LogP contribution in [0.15, 0.2) is 41.3 Å². The second kappa shape index (κ2) is 5.57. The number of pyridine rings is 1. The number of hydrogen-bond donors (Lipinski definition) is 2. The third kappa shape index (κ3) is 2.63. The third-order valence-electron chi connectivity index (χ3n) is 4.58. The number of anilines is 2. The van der Waals surface area contributed by atoms with Crippen LogP contribution in [-0.4, -0.2) is 14.5 Å². The van der Waals surface area contributed by atoms with Gasteiger partial charge in [0.2, 0.25) is 0 Å². The molecule has 0 atom stereocenters. The molecule has 1 fully saturated rings. The van der Waals surface area contributed by atoms with Gasteiger partial charge in [-0.3, -0.25) is 4.57 Å². The Morgan fingerprint density at radius 2 is 2.09 bits per heavy atom. The Morgan fingerprint density at radius 1 is 1.26 bits per heavy atom. The highest BCUT2D eigenvalue weighted by Crippen LogP contribution is 2.31. The Morgan fingerprint density at radius 3 is 2.87 bits per heavy atom. The van der Waals surface area contributed by atoms with Crippen molar-refractivity contribution in [3.05, 3.63) is 52.6 Å². The number of nitrogens with zero attached hydrogens (tertiary/aromatic N) is 2. The van der Waals surface area contributed by atoms with Crippen molar-refractivity contribution in [3.8, 4) is 0 Å². The second-order valence-corrected chi connectivity index (χ2v) is 6.32. The summed E-state index contributed by atoms with van der Waals surface area (Å²) in [7, 11) is 0. The topological polar surface area (TPSA) is 62.7 Å². The molecule has 2 N–H and O–H groups in total. The number of aromatic nitrogens is 3. The van der Waals surface area contributed by atoms with Crippen LogP contribution in [0.2, 0.25) is 0 Å². The molecule has 0 aliphatic heterocycles. The summed E-state index contributed by atoms with van der Waals surface area (Å²) in [6.07, 6.45) is 6.29. The Bertz CT molecular complexity index is 903. The molecule has 1 aliphatic carbocycles. The van der Waals surface area contributed by atoms with Crippen molar-refractivity contribution < 1.29 is 0 Å². The number of aryl methyl sites for hydroxylation is 1. The van der Waals surface area contributed by atoms with Gasteiger partial charge in [0.25, 0.3) is 0 Å². The summed E-state index contributed by atoms with van der Waals surface area (Å²) in [6.45, 7) is 2.06. The lowest BCUT2D eigenvalue weighted by atomic mass is 10.2. The lowest BCUT2D eigenvalue weighted by Crippen LogP contribution is -2.20. The number of H-pyrrole nitrogens is 1. The number of imidazole rings is 1. The van der Waals surface area contributed by atoms with Gasteiger partial charge in [0.05, 0.1) is 17.2 Å². The zero-order valence-electron chi connectivity index (χ0n) is 13.2. The van der Waals surface area contributed by atoms with E-state index in [1.165, 1.54) is 18.4 Å². The highest BCUT2D eigenvalue weighted by atomic mass is 16.1. The van der Waals surface area contributed by atoms with E-state index in [1.807, 2.05) is 22.8 Å². The molecule has 0 radical (unpaired) electrons. The Balaban J connectivity index is 1.74. The van der Waals surface area contributed by atoms with Crippen molar-refractivity contribution in [2.75, 3.05) is 5.32 Å². The zero-order chi connectivity index (χ0) is 15.8. The number of rotatable bonds is 3. The van der Waals surface area contributed by atoms with E-state index < -0.39 is 0 Å². The number of benzene rings is 1. The van der Waals surface area contributed by atoms with E-state index in [4.69, 9.17) is 0 Å². The molecule has 0 saturated heterocycles. The van der Waals surface area contributed by atoms with Crippen molar-refractivity contribution >= 4 is 22.5 Å². The number of fused-ring (bicyclic) bond motifs is 1. The quantitative estimate of drug-likeness (QED) is 0.771. The molecule has 118 valence electrons. The number of aromatic amines is 1. The van der Waals surface area contributed by atoms with Crippen LogP contribution in [0.25, 0.3) is 11.0 Å². The molecule has 2 aromatic heterocycles. The van der Waals surface area contributed by atoms with Crippen molar-refractivity contribution in [3.63, 3.8) is 0 Å². The predicted molar refractivity (Wildman–Crippen MR) is 92.3 cm³/mol. The molecular weight excluding hydrogens is 288 g/mol. The molecule has 0 amide bonds. The van der Waals surface area contributed by atoms with Crippen LogP contribution >= 0.6 is 0 Å². The van der Waals surface area contributed by atoms with Gasteiger partial charge in [-0.05, 0) is 37.5 Å². The molecule has 0 spiro atoms. The maximum absolute atomic E-state index is 12.3. The summed E-state index contributed by atoms with van der Waals surface area (Å²) in [5.74, 6) is 0.758. The average Bonchev–Trinajstić information content (AvgIpc) is 3.13. The molecule has 5 nitrogen and oxygen atoms in total. The van der Waals surface area contributed by atoms with E-state index in [9.17, 15) is 4.79 Å². The van der Waals surface area contributed by atoms with Crippen LogP contribution in [0.4, 0.5) is 11.5 Å². The van der Waals surface area contributed by atoms with Gasteiger partial charge in [-0.15, -0.1) is 0 Å². The van der Waals surface area contributed by atoms with E-state index in [2.05, 4.69) is 34.3 Å². The fourth-order valence-corrected chi connectivity index (χ4v) is 3.49. The first-order chi connectivity index (χ1) is 11.2. The van der Waals surface area contributed by atoms with E-state index in [1.54, 1.807) is 6.20 Å². The third-order valence-corrected chi connectivity index (χ3v) is 4.58. The summed E-state index contributed by atoms with van der Waals surface area (Å²) in [5.41, 5.74) is 3.91. The second-order valence-electron chi connectivity index (χ2n) is 6.32. The molecule has 4 rings (SSSR count). The minimum absolute atomic E-state index is 0.0265. The largest absolute Gasteiger partial charge is 0.340 e. The van der Waals surface area contributed by atoms with Crippen LogP contribution in [0.1, 0.15) is 37.3 Å². The minimum Gasteiger partial charge on any atom is -0.340 e. The lowest BCUT2D eigenvalue weighted by Gasteiger charge is -2.12. The highest BCUT2D eigenvalue weighted by Gasteiger charge is 2.21. The normalized spacial score (nSPS) is 15.3. The maximum atomic E-state index is 12.3. The molecule has 1 aliphatic rings. The fourth-order valence-electron chi connectivity index (χ4n) is 3.49. The standard InChI is InChI=1S/C18H20N4O/c1-12-5-4-6-13(9-12)20-17-10-16-15(11-19-17)21-18(23)22(16)14-7-2-3-8-14/h4-6,9-11,14H,2-3,7-8H2,1H3,(H,19,20)(H,21,23). The summed E-state index contributed by atoms with van der Waals surface area (Å²) in [6, 6.07) is 10.4. The summed E-state index contributed by atoms with van der Waals surface area (Å²) < 4.78 is 1.91. The van der Waals surface area contributed by atoms with Gasteiger partial charge in [-0.2, -0.15) is 0 Å². The first-order valence-corrected chi connectivity index (χ1v) is 8.15. The molecular formula is C18H20N4O. The van der Waals surface area contributed by atoms with Crippen LogP contribution in [0.5, 0.6) is 0 Å². The molecule has 1 aromatic carbocycles. The average molecular weight is 308 g/mol. The van der Waals surface area contributed by atoms with Gasteiger partial charge in [-0.25, -0.2) is 9.78 Å². The summed E-state index contributed by atoms with van der Waals surface area (Å²) in [5, 5.41) is 3.32. The monoisotopic (exact) mass is 308 g/mol. The van der Waals surface area contributed by atoms with E-state index in [-0.39, 0.29) is 5.69 Å². The molecule has 2 heterocycles. The summed E-state index contributed by atoms with van der Waals surface area (Å²) in [4.78, 5) is 19.6. The van der Waals surface area contributed by atoms with Crippen molar-refractivity contribution in [1.82, 2.24) is 14.5 Å². The van der Waals surface area contributed by atoms with Gasteiger partial charge < -0.3 is 10.3 Å². The number of nitrogens with one attached hydrogen (secondary N) is 2.